The molecule has 0 saturated carbocycles. The standard InChI is InChI=1S/C10H21NO2S/c1-4-6-10(2)7-5-8-11(9-10)14(3,12)13/h4-9H2,1-3H3. The first kappa shape index (κ1) is 12.0. The molecule has 14 heavy (non-hydrogen) atoms. The Hall–Kier alpha value is -0.0900. The number of nitrogens with zero attached hydrogens (tertiary/aromatic N) is 1. The van der Waals surface area contributed by atoms with Crippen LogP contribution in [0, 0.1) is 5.41 Å². The number of piperidine rings is 1. The lowest BCUT2D eigenvalue weighted by Crippen LogP contribution is -2.44. The van der Waals surface area contributed by atoms with Gasteiger partial charge in [0.25, 0.3) is 0 Å². The molecule has 1 atom stereocenters. The summed E-state index contributed by atoms with van der Waals surface area (Å²) in [6.07, 6.45) is 5.73. The van der Waals surface area contributed by atoms with Crippen LogP contribution in [-0.4, -0.2) is 32.1 Å². The molecular weight excluding hydrogens is 198 g/mol. The van der Waals surface area contributed by atoms with Crippen molar-refractivity contribution in [3.63, 3.8) is 0 Å². The van der Waals surface area contributed by atoms with E-state index in [1.165, 1.54) is 6.26 Å². The van der Waals surface area contributed by atoms with Gasteiger partial charge in [-0.2, -0.15) is 0 Å². The highest BCUT2D eigenvalue weighted by atomic mass is 32.2. The summed E-state index contributed by atoms with van der Waals surface area (Å²) < 4.78 is 24.4. The molecule has 0 bridgehead atoms. The quantitative estimate of drug-likeness (QED) is 0.726. The van der Waals surface area contributed by atoms with E-state index in [-0.39, 0.29) is 5.41 Å². The van der Waals surface area contributed by atoms with E-state index in [1.807, 2.05) is 0 Å². The van der Waals surface area contributed by atoms with E-state index in [4.69, 9.17) is 0 Å². The van der Waals surface area contributed by atoms with E-state index in [0.717, 1.165) is 25.7 Å². The van der Waals surface area contributed by atoms with Crippen molar-refractivity contribution in [1.29, 1.82) is 0 Å². The van der Waals surface area contributed by atoms with Gasteiger partial charge < -0.3 is 0 Å². The Morgan fingerprint density at radius 2 is 2.07 bits per heavy atom. The SMILES string of the molecule is CCCC1(C)CCCN(S(C)(=O)=O)C1. The maximum atomic E-state index is 11.4. The third kappa shape index (κ3) is 2.95. The fourth-order valence-corrected chi connectivity index (χ4v) is 3.36. The van der Waals surface area contributed by atoms with Crippen molar-refractivity contribution in [2.24, 2.45) is 5.41 Å². The lowest BCUT2D eigenvalue weighted by molar-refractivity contribution is 0.154. The molecule has 1 saturated heterocycles. The van der Waals surface area contributed by atoms with E-state index in [0.29, 0.717) is 13.1 Å². The minimum atomic E-state index is -2.98. The zero-order valence-corrected chi connectivity index (χ0v) is 10.2. The number of rotatable bonds is 3. The molecule has 0 radical (unpaired) electrons. The molecule has 1 aliphatic rings. The average molecular weight is 219 g/mol. The van der Waals surface area contributed by atoms with Crippen molar-refractivity contribution >= 4 is 10.0 Å². The van der Waals surface area contributed by atoms with Gasteiger partial charge in [-0.25, -0.2) is 12.7 Å². The Balaban J connectivity index is 2.69. The van der Waals surface area contributed by atoms with Gasteiger partial charge >= 0.3 is 0 Å². The van der Waals surface area contributed by atoms with Gasteiger partial charge in [0.15, 0.2) is 0 Å². The first-order valence-electron chi connectivity index (χ1n) is 5.32. The molecule has 4 heteroatoms. The molecule has 1 rings (SSSR count). The second kappa shape index (κ2) is 4.19. The molecule has 1 fully saturated rings. The van der Waals surface area contributed by atoms with E-state index < -0.39 is 10.0 Å². The van der Waals surface area contributed by atoms with Gasteiger partial charge in [-0.05, 0) is 24.7 Å². The van der Waals surface area contributed by atoms with Gasteiger partial charge in [-0.3, -0.25) is 0 Å². The van der Waals surface area contributed by atoms with Crippen LogP contribution >= 0.6 is 0 Å². The second-order valence-corrected chi connectivity index (χ2v) is 6.74. The minimum absolute atomic E-state index is 0.204. The fraction of sp³-hybridized carbons (Fsp3) is 1.00. The van der Waals surface area contributed by atoms with Crippen LogP contribution in [0.1, 0.15) is 39.5 Å². The lowest BCUT2D eigenvalue weighted by atomic mass is 9.79. The highest BCUT2D eigenvalue weighted by Gasteiger charge is 2.33. The van der Waals surface area contributed by atoms with Gasteiger partial charge in [0.05, 0.1) is 6.26 Å². The highest BCUT2D eigenvalue weighted by molar-refractivity contribution is 7.88. The summed E-state index contributed by atoms with van der Waals surface area (Å²) >= 11 is 0. The largest absolute Gasteiger partial charge is 0.213 e. The summed E-state index contributed by atoms with van der Waals surface area (Å²) in [5.74, 6) is 0. The molecule has 0 aromatic carbocycles. The summed E-state index contributed by atoms with van der Waals surface area (Å²) in [5, 5.41) is 0. The molecule has 0 aliphatic carbocycles. The van der Waals surface area contributed by atoms with Crippen LogP contribution in [0.25, 0.3) is 0 Å². The molecule has 0 aromatic heterocycles. The molecule has 3 nitrogen and oxygen atoms in total. The molecule has 0 N–H and O–H groups in total. The lowest BCUT2D eigenvalue weighted by Gasteiger charge is -2.39. The first-order valence-corrected chi connectivity index (χ1v) is 7.17. The topological polar surface area (TPSA) is 37.4 Å². The van der Waals surface area contributed by atoms with Gasteiger partial charge in [0.1, 0.15) is 0 Å². The van der Waals surface area contributed by atoms with Crippen LogP contribution in [0.15, 0.2) is 0 Å². The van der Waals surface area contributed by atoms with Gasteiger partial charge in [0.2, 0.25) is 10.0 Å². The Morgan fingerprint density at radius 1 is 1.43 bits per heavy atom. The van der Waals surface area contributed by atoms with Crippen molar-refractivity contribution in [2.75, 3.05) is 19.3 Å². The van der Waals surface area contributed by atoms with Crippen LogP contribution < -0.4 is 0 Å². The molecule has 1 aliphatic heterocycles. The predicted octanol–water partition coefficient (Wildman–Crippen LogP) is 1.85. The summed E-state index contributed by atoms with van der Waals surface area (Å²) in [4.78, 5) is 0. The maximum Gasteiger partial charge on any atom is 0.211 e. The third-order valence-corrected chi connectivity index (χ3v) is 4.32. The van der Waals surface area contributed by atoms with E-state index >= 15 is 0 Å². The van der Waals surface area contributed by atoms with Crippen molar-refractivity contribution in [3.8, 4) is 0 Å². The third-order valence-electron chi connectivity index (χ3n) is 3.07. The smallest absolute Gasteiger partial charge is 0.211 e. The molecule has 0 aromatic rings. The molecular formula is C10H21NO2S. The first-order chi connectivity index (χ1) is 6.37. The summed E-state index contributed by atoms with van der Waals surface area (Å²) in [6, 6.07) is 0. The zero-order valence-electron chi connectivity index (χ0n) is 9.41. The summed E-state index contributed by atoms with van der Waals surface area (Å²) in [5.41, 5.74) is 0.204. The number of hydrogen-bond donors (Lipinski definition) is 0. The highest BCUT2D eigenvalue weighted by Crippen LogP contribution is 2.34. The Labute approximate surface area is 87.5 Å². The Bertz CT molecular complexity index is 282. The van der Waals surface area contributed by atoms with Crippen molar-refractivity contribution in [3.05, 3.63) is 0 Å². The zero-order chi connectivity index (χ0) is 10.8. The fourth-order valence-electron chi connectivity index (χ4n) is 2.36. The summed E-state index contributed by atoms with van der Waals surface area (Å²) in [6.45, 7) is 5.77. The molecule has 84 valence electrons. The van der Waals surface area contributed by atoms with Gasteiger partial charge in [-0.15, -0.1) is 0 Å². The van der Waals surface area contributed by atoms with Crippen LogP contribution in [0.3, 0.4) is 0 Å². The van der Waals surface area contributed by atoms with Gasteiger partial charge in [-0.1, -0.05) is 20.3 Å². The van der Waals surface area contributed by atoms with E-state index in [9.17, 15) is 8.42 Å². The second-order valence-electron chi connectivity index (χ2n) is 4.76. The summed E-state index contributed by atoms with van der Waals surface area (Å²) in [7, 11) is -2.98. The minimum Gasteiger partial charge on any atom is -0.213 e. The molecule has 1 heterocycles. The normalized spacial score (nSPS) is 30.5. The van der Waals surface area contributed by atoms with Crippen molar-refractivity contribution in [2.45, 2.75) is 39.5 Å². The molecule has 1 unspecified atom stereocenters. The monoisotopic (exact) mass is 219 g/mol. The average Bonchev–Trinajstić information content (AvgIpc) is 2.02. The van der Waals surface area contributed by atoms with Crippen LogP contribution in [0.2, 0.25) is 0 Å². The van der Waals surface area contributed by atoms with Crippen LogP contribution in [0.4, 0.5) is 0 Å². The Kier molecular flexibility index (Phi) is 3.58. The van der Waals surface area contributed by atoms with Gasteiger partial charge in [0, 0.05) is 13.1 Å². The molecule has 0 amide bonds. The van der Waals surface area contributed by atoms with Crippen molar-refractivity contribution in [1.82, 2.24) is 4.31 Å². The van der Waals surface area contributed by atoms with Crippen LogP contribution in [0.5, 0.6) is 0 Å². The maximum absolute atomic E-state index is 11.4. The Morgan fingerprint density at radius 3 is 2.57 bits per heavy atom. The molecule has 0 spiro atoms. The van der Waals surface area contributed by atoms with E-state index in [2.05, 4.69) is 13.8 Å². The van der Waals surface area contributed by atoms with E-state index in [1.54, 1.807) is 4.31 Å². The van der Waals surface area contributed by atoms with Crippen molar-refractivity contribution < 1.29 is 8.42 Å². The van der Waals surface area contributed by atoms with Crippen LogP contribution in [-0.2, 0) is 10.0 Å². The predicted molar refractivity (Wildman–Crippen MR) is 58.7 cm³/mol. The number of sulfonamides is 1. The number of hydrogen-bond acceptors (Lipinski definition) is 2.